The second kappa shape index (κ2) is 3.07. The minimum Gasteiger partial charge on any atom is -0.330 e. The van der Waals surface area contributed by atoms with E-state index in [2.05, 4.69) is 54.0 Å². The van der Waals surface area contributed by atoms with Gasteiger partial charge < -0.3 is 5.73 Å². The molecule has 0 aliphatic heterocycles. The summed E-state index contributed by atoms with van der Waals surface area (Å²) in [5.74, 6) is 0. The van der Waals surface area contributed by atoms with Gasteiger partial charge in [0.25, 0.3) is 0 Å². The molecule has 0 aromatic heterocycles. The van der Waals surface area contributed by atoms with Gasteiger partial charge in [0.05, 0.1) is 0 Å². The van der Waals surface area contributed by atoms with Gasteiger partial charge in [-0.05, 0) is 29.5 Å². The molecule has 1 fully saturated rings. The topological polar surface area (TPSA) is 26.0 Å². The summed E-state index contributed by atoms with van der Waals surface area (Å²) in [5, 5.41) is 0. The Morgan fingerprint density at radius 2 is 2.07 bits per heavy atom. The van der Waals surface area contributed by atoms with Crippen LogP contribution >= 0.6 is 15.9 Å². The molecule has 0 spiro atoms. The quantitative estimate of drug-likeness (QED) is 0.862. The van der Waals surface area contributed by atoms with Crippen LogP contribution in [0.15, 0.2) is 28.7 Å². The standard InChI is InChI=1S/C12H16BrN/c1-11(2)7-12(11,8-14)9-4-3-5-10(13)6-9/h3-6H,7-8,14H2,1-2H3. The molecular formula is C12H16BrN. The van der Waals surface area contributed by atoms with E-state index < -0.39 is 0 Å². The molecule has 1 unspecified atom stereocenters. The van der Waals surface area contributed by atoms with E-state index in [9.17, 15) is 0 Å². The van der Waals surface area contributed by atoms with Gasteiger partial charge in [0.2, 0.25) is 0 Å². The lowest BCUT2D eigenvalue weighted by atomic mass is 9.88. The third kappa shape index (κ3) is 1.32. The Morgan fingerprint density at radius 3 is 2.50 bits per heavy atom. The van der Waals surface area contributed by atoms with Crippen LogP contribution in [0.5, 0.6) is 0 Å². The highest BCUT2D eigenvalue weighted by Gasteiger charge is 2.60. The summed E-state index contributed by atoms with van der Waals surface area (Å²) in [5.41, 5.74) is 7.87. The predicted molar refractivity (Wildman–Crippen MR) is 63.3 cm³/mol. The number of halogens is 1. The van der Waals surface area contributed by atoms with E-state index in [0.717, 1.165) is 11.0 Å². The maximum Gasteiger partial charge on any atom is 0.0178 e. The van der Waals surface area contributed by atoms with Gasteiger partial charge in [-0.25, -0.2) is 0 Å². The maximum absolute atomic E-state index is 5.91. The van der Waals surface area contributed by atoms with E-state index in [1.165, 1.54) is 12.0 Å². The molecule has 76 valence electrons. The summed E-state index contributed by atoms with van der Waals surface area (Å²) in [7, 11) is 0. The summed E-state index contributed by atoms with van der Waals surface area (Å²) in [4.78, 5) is 0. The smallest absolute Gasteiger partial charge is 0.0178 e. The summed E-state index contributed by atoms with van der Waals surface area (Å²) < 4.78 is 1.14. The van der Waals surface area contributed by atoms with Crippen LogP contribution in [0, 0.1) is 5.41 Å². The SMILES string of the molecule is CC1(C)CC1(CN)c1cccc(Br)c1. The van der Waals surface area contributed by atoms with Crippen molar-refractivity contribution in [2.75, 3.05) is 6.54 Å². The molecule has 1 aromatic rings. The van der Waals surface area contributed by atoms with Crippen LogP contribution in [0.1, 0.15) is 25.8 Å². The van der Waals surface area contributed by atoms with E-state index in [1.807, 2.05) is 0 Å². The number of nitrogens with two attached hydrogens (primary N) is 1. The molecule has 1 aromatic carbocycles. The van der Waals surface area contributed by atoms with Crippen LogP contribution in [-0.4, -0.2) is 6.54 Å². The summed E-state index contributed by atoms with van der Waals surface area (Å²) >= 11 is 3.51. The average molecular weight is 254 g/mol. The first kappa shape index (κ1) is 10.2. The summed E-state index contributed by atoms with van der Waals surface area (Å²) in [6.07, 6.45) is 1.20. The fourth-order valence-corrected chi connectivity index (χ4v) is 2.85. The monoisotopic (exact) mass is 253 g/mol. The Balaban J connectivity index is 2.40. The zero-order valence-electron chi connectivity index (χ0n) is 8.68. The molecule has 1 nitrogen and oxygen atoms in total. The van der Waals surface area contributed by atoms with Gasteiger partial charge in [-0.15, -0.1) is 0 Å². The second-order valence-electron chi connectivity index (χ2n) is 4.86. The number of hydrogen-bond donors (Lipinski definition) is 1. The fourth-order valence-electron chi connectivity index (χ4n) is 2.46. The molecule has 0 amide bonds. The minimum absolute atomic E-state index is 0.219. The normalized spacial score (nSPS) is 28.9. The zero-order valence-corrected chi connectivity index (χ0v) is 10.3. The molecule has 1 atom stereocenters. The Kier molecular flexibility index (Phi) is 2.24. The van der Waals surface area contributed by atoms with E-state index in [0.29, 0.717) is 5.41 Å². The minimum atomic E-state index is 0.219. The largest absolute Gasteiger partial charge is 0.330 e. The summed E-state index contributed by atoms with van der Waals surface area (Å²) in [6, 6.07) is 8.53. The molecule has 1 aliphatic carbocycles. The molecule has 0 saturated heterocycles. The lowest BCUT2D eigenvalue weighted by molar-refractivity contribution is 0.503. The highest BCUT2D eigenvalue weighted by atomic mass is 79.9. The van der Waals surface area contributed by atoms with Gasteiger partial charge in [-0.1, -0.05) is 41.9 Å². The third-order valence-electron chi connectivity index (χ3n) is 3.64. The van der Waals surface area contributed by atoms with Gasteiger partial charge in [-0.2, -0.15) is 0 Å². The Morgan fingerprint density at radius 1 is 1.43 bits per heavy atom. The van der Waals surface area contributed by atoms with E-state index in [1.54, 1.807) is 0 Å². The van der Waals surface area contributed by atoms with Crippen LogP contribution in [0.4, 0.5) is 0 Å². The molecule has 0 radical (unpaired) electrons. The van der Waals surface area contributed by atoms with Crippen LogP contribution in [0.3, 0.4) is 0 Å². The number of rotatable bonds is 2. The van der Waals surface area contributed by atoms with E-state index in [4.69, 9.17) is 5.73 Å². The van der Waals surface area contributed by atoms with Gasteiger partial charge >= 0.3 is 0 Å². The molecule has 1 saturated carbocycles. The molecule has 14 heavy (non-hydrogen) atoms. The Labute approximate surface area is 93.8 Å². The van der Waals surface area contributed by atoms with Crippen molar-refractivity contribution in [3.05, 3.63) is 34.3 Å². The maximum atomic E-state index is 5.91. The molecule has 1 aliphatic rings. The van der Waals surface area contributed by atoms with Crippen molar-refractivity contribution >= 4 is 15.9 Å². The van der Waals surface area contributed by atoms with Crippen LogP contribution in [-0.2, 0) is 5.41 Å². The molecule has 2 N–H and O–H groups in total. The first-order valence-corrected chi connectivity index (χ1v) is 5.77. The molecule has 0 heterocycles. The van der Waals surface area contributed by atoms with Crippen molar-refractivity contribution in [1.29, 1.82) is 0 Å². The zero-order chi connectivity index (χ0) is 10.4. The van der Waals surface area contributed by atoms with E-state index >= 15 is 0 Å². The highest BCUT2D eigenvalue weighted by Crippen LogP contribution is 2.63. The van der Waals surface area contributed by atoms with Crippen LogP contribution in [0.2, 0.25) is 0 Å². The van der Waals surface area contributed by atoms with Crippen molar-refractivity contribution in [2.24, 2.45) is 11.1 Å². The Bertz CT molecular complexity index is 359. The number of hydrogen-bond acceptors (Lipinski definition) is 1. The predicted octanol–water partition coefficient (Wildman–Crippen LogP) is 3.08. The second-order valence-corrected chi connectivity index (χ2v) is 5.77. The van der Waals surface area contributed by atoms with Gasteiger partial charge in [0.1, 0.15) is 0 Å². The van der Waals surface area contributed by atoms with Crippen molar-refractivity contribution in [1.82, 2.24) is 0 Å². The molecule has 0 bridgehead atoms. The van der Waals surface area contributed by atoms with Crippen molar-refractivity contribution in [3.63, 3.8) is 0 Å². The van der Waals surface area contributed by atoms with Crippen LogP contribution < -0.4 is 5.73 Å². The Hall–Kier alpha value is -0.340. The third-order valence-corrected chi connectivity index (χ3v) is 4.13. The van der Waals surface area contributed by atoms with Gasteiger partial charge in [0.15, 0.2) is 0 Å². The molecule has 2 heteroatoms. The van der Waals surface area contributed by atoms with Crippen molar-refractivity contribution < 1.29 is 0 Å². The first-order valence-electron chi connectivity index (χ1n) is 4.98. The average Bonchev–Trinajstić information content (AvgIpc) is 2.70. The number of benzene rings is 1. The lowest BCUT2D eigenvalue weighted by Gasteiger charge is -2.19. The van der Waals surface area contributed by atoms with Crippen LogP contribution in [0.25, 0.3) is 0 Å². The first-order chi connectivity index (χ1) is 6.52. The molecule has 2 rings (SSSR count). The fraction of sp³-hybridized carbons (Fsp3) is 0.500. The van der Waals surface area contributed by atoms with Gasteiger partial charge in [0, 0.05) is 16.4 Å². The van der Waals surface area contributed by atoms with Gasteiger partial charge in [-0.3, -0.25) is 0 Å². The van der Waals surface area contributed by atoms with Crippen molar-refractivity contribution in [3.8, 4) is 0 Å². The van der Waals surface area contributed by atoms with E-state index in [-0.39, 0.29) is 5.41 Å². The lowest BCUT2D eigenvalue weighted by Crippen LogP contribution is -2.25. The highest BCUT2D eigenvalue weighted by molar-refractivity contribution is 9.10. The summed E-state index contributed by atoms with van der Waals surface area (Å²) in [6.45, 7) is 5.33. The molecular weight excluding hydrogens is 238 g/mol. The van der Waals surface area contributed by atoms with Crippen molar-refractivity contribution in [2.45, 2.75) is 25.7 Å².